The third-order valence-electron chi connectivity index (χ3n) is 5.56. The number of hydrogen-bond donors (Lipinski definition) is 1. The van der Waals surface area contributed by atoms with Gasteiger partial charge in [-0.2, -0.15) is 0 Å². The Morgan fingerprint density at radius 3 is 2.67 bits per heavy atom. The summed E-state index contributed by atoms with van der Waals surface area (Å²) in [5, 5.41) is 12.3. The lowest BCUT2D eigenvalue weighted by Crippen LogP contribution is -2.38. The van der Waals surface area contributed by atoms with E-state index in [-0.39, 0.29) is 16.5 Å². The number of carboxylic acid groups (broad SMARTS) is 1. The summed E-state index contributed by atoms with van der Waals surface area (Å²) in [6.45, 7) is 8.73. The number of morpholine rings is 1. The first kappa shape index (κ1) is 23.1. The number of ether oxygens (including phenoxy) is 1. The van der Waals surface area contributed by atoms with Crippen molar-refractivity contribution in [1.29, 1.82) is 0 Å². The van der Waals surface area contributed by atoms with Crippen LogP contribution < -0.4 is 10.5 Å². The van der Waals surface area contributed by atoms with Crippen molar-refractivity contribution in [2.75, 3.05) is 31.2 Å². The van der Waals surface area contributed by atoms with Crippen LogP contribution in [0.2, 0.25) is 0 Å². The first-order valence-corrected chi connectivity index (χ1v) is 11.8. The summed E-state index contributed by atoms with van der Waals surface area (Å²) in [5.74, 6) is -0.618. The molecule has 0 atom stereocenters. The number of carbonyl (C=O) groups is 1. The van der Waals surface area contributed by atoms with Gasteiger partial charge in [-0.25, -0.2) is 14.8 Å². The maximum atomic E-state index is 13.2. The fourth-order valence-corrected chi connectivity index (χ4v) is 4.70. The van der Waals surface area contributed by atoms with E-state index in [1.807, 2.05) is 17.0 Å². The molecule has 0 radical (unpaired) electrons. The Balaban J connectivity index is 1.66. The first-order valence-electron chi connectivity index (χ1n) is 11.0. The van der Waals surface area contributed by atoms with Gasteiger partial charge in [0.05, 0.1) is 29.5 Å². The van der Waals surface area contributed by atoms with E-state index < -0.39 is 5.97 Å². The number of rotatable bonds is 6. The molecule has 0 spiro atoms. The predicted molar refractivity (Wildman–Crippen MR) is 129 cm³/mol. The highest BCUT2D eigenvalue weighted by atomic mass is 32.1. The lowest BCUT2D eigenvalue weighted by atomic mass is 9.93. The molecule has 4 rings (SSSR count). The molecule has 8 nitrogen and oxygen atoms in total. The number of carboxylic acids is 1. The first-order chi connectivity index (χ1) is 15.7. The molecule has 0 aliphatic carbocycles. The highest BCUT2D eigenvalue weighted by Gasteiger charge is 2.20. The summed E-state index contributed by atoms with van der Waals surface area (Å²) in [6, 6.07) is 3.84. The minimum absolute atomic E-state index is 0.0332. The molecule has 1 N–H and O–H groups in total. The maximum absolute atomic E-state index is 13.2. The monoisotopic (exact) mass is 468 g/mol. The van der Waals surface area contributed by atoms with E-state index in [1.54, 1.807) is 17.5 Å². The van der Waals surface area contributed by atoms with Gasteiger partial charge < -0.3 is 14.7 Å². The predicted octanol–water partition coefficient (Wildman–Crippen LogP) is 3.17. The van der Waals surface area contributed by atoms with Crippen LogP contribution in [0.25, 0.3) is 11.7 Å². The van der Waals surface area contributed by atoms with Gasteiger partial charge in [0.25, 0.3) is 5.56 Å². The summed E-state index contributed by atoms with van der Waals surface area (Å²) in [4.78, 5) is 35.8. The van der Waals surface area contributed by atoms with E-state index in [0.717, 1.165) is 35.2 Å². The van der Waals surface area contributed by atoms with Crippen LogP contribution in [0.5, 0.6) is 0 Å². The fourth-order valence-electron chi connectivity index (χ4n) is 3.68. The van der Waals surface area contributed by atoms with Gasteiger partial charge in [0.1, 0.15) is 11.5 Å². The van der Waals surface area contributed by atoms with Crippen LogP contribution in [0.1, 0.15) is 42.6 Å². The van der Waals surface area contributed by atoms with Gasteiger partial charge in [-0.05, 0) is 30.2 Å². The second-order valence-electron chi connectivity index (χ2n) is 9.06. The van der Waals surface area contributed by atoms with E-state index in [0.29, 0.717) is 37.8 Å². The van der Waals surface area contributed by atoms with E-state index in [9.17, 15) is 9.59 Å². The fraction of sp³-hybridized carbons (Fsp3) is 0.417. The minimum atomic E-state index is -1.11. The average Bonchev–Trinajstić information content (AvgIpc) is 3.27. The number of nitrogens with zero attached hydrogens (tertiary/aromatic N) is 4. The van der Waals surface area contributed by atoms with Crippen molar-refractivity contribution in [3.8, 4) is 0 Å². The molecule has 33 heavy (non-hydrogen) atoms. The molecule has 0 saturated carbocycles. The van der Waals surface area contributed by atoms with Crippen LogP contribution >= 0.6 is 11.3 Å². The van der Waals surface area contributed by atoms with Crippen molar-refractivity contribution < 1.29 is 14.6 Å². The summed E-state index contributed by atoms with van der Waals surface area (Å²) in [6.07, 6.45) is 5.62. The lowest BCUT2D eigenvalue weighted by Gasteiger charge is -2.29. The van der Waals surface area contributed by atoms with Crippen molar-refractivity contribution in [3.63, 3.8) is 0 Å². The number of anilines is 1. The van der Waals surface area contributed by atoms with Crippen molar-refractivity contribution >= 4 is 34.8 Å². The van der Waals surface area contributed by atoms with Crippen LogP contribution in [0, 0.1) is 0 Å². The van der Waals surface area contributed by atoms with Crippen molar-refractivity contribution in [1.82, 2.24) is 14.4 Å². The second kappa shape index (κ2) is 9.44. The molecule has 3 aromatic rings. The molecular weight excluding hydrogens is 440 g/mol. The summed E-state index contributed by atoms with van der Waals surface area (Å²) in [5.41, 5.74) is 2.72. The molecule has 1 fully saturated rings. The molecule has 0 aromatic carbocycles. The number of hydrogen-bond acceptors (Lipinski definition) is 7. The Kier molecular flexibility index (Phi) is 6.62. The van der Waals surface area contributed by atoms with Crippen LogP contribution in [0.15, 0.2) is 34.6 Å². The topological polar surface area (TPSA) is 97.0 Å². The minimum Gasteiger partial charge on any atom is -0.478 e. The van der Waals surface area contributed by atoms with E-state index >= 15 is 0 Å². The molecule has 1 saturated heterocycles. The lowest BCUT2D eigenvalue weighted by molar-refractivity contribution is -0.131. The van der Waals surface area contributed by atoms with Gasteiger partial charge >= 0.3 is 5.97 Å². The molecule has 0 amide bonds. The Labute approximate surface area is 196 Å². The summed E-state index contributed by atoms with van der Waals surface area (Å²) >= 11 is 1.68. The summed E-state index contributed by atoms with van der Waals surface area (Å²) < 4.78 is 6.89. The van der Waals surface area contributed by atoms with Crippen molar-refractivity contribution in [3.05, 3.63) is 62.0 Å². The molecule has 9 heteroatoms. The average molecular weight is 469 g/mol. The SMILES string of the molecule is CC(C)(C)c1csc(CCc2ccn3c(=O)c(C=CC(=O)O)c(N4CCOCC4)nc3c2)n1. The van der Waals surface area contributed by atoms with Gasteiger partial charge in [0.15, 0.2) is 0 Å². The number of thiazole rings is 1. The standard InChI is InChI=1S/C24H28N4O4S/c1-24(2,3)18-15-33-20(25-18)6-4-16-8-9-28-19(14-16)26-22(27-10-12-32-13-11-27)17(23(28)31)5-7-21(29)30/h5,7-9,14-15H,4,6,10-13H2,1-3H3,(H,29,30). The molecule has 3 aromatic heterocycles. The summed E-state index contributed by atoms with van der Waals surface area (Å²) in [7, 11) is 0. The molecular formula is C24H28N4O4S. The molecule has 1 aliphatic rings. The molecule has 1 aliphatic heterocycles. The van der Waals surface area contributed by atoms with Gasteiger partial charge in [-0.3, -0.25) is 9.20 Å². The van der Waals surface area contributed by atoms with Gasteiger partial charge in [-0.1, -0.05) is 20.8 Å². The Morgan fingerprint density at radius 1 is 1.24 bits per heavy atom. The van der Waals surface area contributed by atoms with Gasteiger partial charge in [-0.15, -0.1) is 11.3 Å². The van der Waals surface area contributed by atoms with E-state index in [1.165, 1.54) is 10.5 Å². The maximum Gasteiger partial charge on any atom is 0.328 e. The molecule has 0 bridgehead atoms. The zero-order valence-electron chi connectivity index (χ0n) is 19.1. The molecule has 0 unspecified atom stereocenters. The molecule has 4 heterocycles. The zero-order chi connectivity index (χ0) is 23.6. The number of aromatic nitrogens is 3. The second-order valence-corrected chi connectivity index (χ2v) is 10.0. The zero-order valence-corrected chi connectivity index (χ0v) is 19.9. The van der Waals surface area contributed by atoms with Gasteiger partial charge in [0.2, 0.25) is 0 Å². The number of aryl methyl sites for hydroxylation is 2. The van der Waals surface area contributed by atoms with Crippen LogP contribution in [-0.2, 0) is 27.8 Å². The largest absolute Gasteiger partial charge is 0.478 e. The number of fused-ring (bicyclic) bond motifs is 1. The van der Waals surface area contributed by atoms with Crippen LogP contribution in [0.3, 0.4) is 0 Å². The normalized spacial score (nSPS) is 14.9. The third-order valence-corrected chi connectivity index (χ3v) is 6.47. The number of aliphatic carboxylic acids is 1. The van der Waals surface area contributed by atoms with Crippen LogP contribution in [-0.4, -0.2) is 51.7 Å². The molecule has 174 valence electrons. The smallest absolute Gasteiger partial charge is 0.328 e. The number of pyridine rings is 1. The van der Waals surface area contributed by atoms with Crippen molar-refractivity contribution in [2.24, 2.45) is 0 Å². The Bertz CT molecular complexity index is 1250. The van der Waals surface area contributed by atoms with Crippen LogP contribution in [0.4, 0.5) is 5.82 Å². The highest BCUT2D eigenvalue weighted by molar-refractivity contribution is 7.09. The van der Waals surface area contributed by atoms with Gasteiger partial charge in [0, 0.05) is 42.6 Å². The van der Waals surface area contributed by atoms with E-state index in [2.05, 4.69) is 26.2 Å². The third kappa shape index (κ3) is 5.31. The Morgan fingerprint density at radius 2 is 2.00 bits per heavy atom. The highest BCUT2D eigenvalue weighted by Crippen LogP contribution is 2.25. The van der Waals surface area contributed by atoms with Crippen molar-refractivity contribution in [2.45, 2.75) is 39.0 Å². The quantitative estimate of drug-likeness (QED) is 0.555. The van der Waals surface area contributed by atoms with E-state index in [4.69, 9.17) is 19.8 Å². The Hall–Kier alpha value is -3.04.